The van der Waals surface area contributed by atoms with E-state index in [9.17, 15) is 18.0 Å². The third-order valence-electron chi connectivity index (χ3n) is 3.44. The van der Waals surface area contributed by atoms with Crippen molar-refractivity contribution in [2.75, 3.05) is 16.9 Å². The zero-order valence-corrected chi connectivity index (χ0v) is 15.0. The Hall–Kier alpha value is -3.21. The maximum absolute atomic E-state index is 13.3. The number of aromatic nitrogens is 3. The minimum atomic E-state index is -2.91. The third-order valence-corrected chi connectivity index (χ3v) is 4.39. The molecule has 1 amide bonds. The highest BCUT2D eigenvalue weighted by Gasteiger charge is 2.14. The number of nitrogens with two attached hydrogens (primary N) is 1. The first kappa shape index (κ1) is 19.5. The number of halogens is 3. The molecule has 7 nitrogen and oxygen atoms in total. The van der Waals surface area contributed by atoms with Gasteiger partial charge >= 0.3 is 6.61 Å². The fourth-order valence-corrected chi connectivity index (χ4v) is 2.90. The normalized spacial score (nSPS) is 10.9. The van der Waals surface area contributed by atoms with Crippen molar-refractivity contribution in [1.29, 1.82) is 0 Å². The van der Waals surface area contributed by atoms with Crippen molar-refractivity contribution in [2.24, 2.45) is 0 Å². The van der Waals surface area contributed by atoms with Crippen LogP contribution in [0.4, 0.5) is 18.9 Å². The Bertz CT molecular complexity index is 966. The molecule has 0 saturated carbocycles. The van der Waals surface area contributed by atoms with E-state index in [4.69, 9.17) is 5.84 Å². The van der Waals surface area contributed by atoms with E-state index >= 15 is 0 Å². The number of amides is 1. The maximum Gasteiger partial charge on any atom is 0.387 e. The van der Waals surface area contributed by atoms with Gasteiger partial charge < -0.3 is 15.9 Å². The lowest BCUT2D eigenvalue weighted by atomic mass is 10.2. The molecule has 3 aromatic rings. The Balaban J connectivity index is 1.58. The number of alkyl halides is 2. The topological polar surface area (TPSA) is 95.1 Å². The van der Waals surface area contributed by atoms with Gasteiger partial charge in [0, 0.05) is 11.3 Å². The number of rotatable bonds is 7. The number of thioether (sulfide) groups is 1. The lowest BCUT2D eigenvalue weighted by Gasteiger charge is -2.07. The second-order valence-corrected chi connectivity index (χ2v) is 6.37. The molecule has 0 aliphatic rings. The van der Waals surface area contributed by atoms with Gasteiger partial charge in [-0.1, -0.05) is 23.9 Å². The minimum Gasteiger partial charge on any atom is -0.435 e. The van der Waals surface area contributed by atoms with Crippen molar-refractivity contribution in [3.05, 3.63) is 54.3 Å². The Morgan fingerprint density at radius 2 is 1.96 bits per heavy atom. The third kappa shape index (κ3) is 4.94. The average molecular weight is 409 g/mol. The van der Waals surface area contributed by atoms with E-state index in [-0.39, 0.29) is 28.4 Å². The predicted molar refractivity (Wildman–Crippen MR) is 98.0 cm³/mol. The molecule has 0 saturated heterocycles. The first-order chi connectivity index (χ1) is 13.4. The molecular weight excluding hydrogens is 395 g/mol. The fourth-order valence-electron chi connectivity index (χ4n) is 2.25. The molecule has 0 aliphatic heterocycles. The molecule has 28 heavy (non-hydrogen) atoms. The van der Waals surface area contributed by atoms with Crippen LogP contribution in [-0.2, 0) is 4.79 Å². The molecule has 3 rings (SSSR count). The van der Waals surface area contributed by atoms with Gasteiger partial charge in [-0.2, -0.15) is 8.78 Å². The summed E-state index contributed by atoms with van der Waals surface area (Å²) >= 11 is 1.04. The molecule has 0 atom stereocenters. The molecule has 0 fully saturated rings. The molecule has 146 valence electrons. The maximum atomic E-state index is 13.3. The predicted octanol–water partition coefficient (Wildman–Crippen LogP) is 3.13. The van der Waals surface area contributed by atoms with Crippen LogP contribution in [0, 0.1) is 5.82 Å². The SMILES string of the molecule is Nn1c(SCC(=O)Nc2ccc(OC(F)F)cc2)nnc1-c1cccc(F)c1. The number of ether oxygens (including phenoxy) is 1. The van der Waals surface area contributed by atoms with Gasteiger partial charge in [-0.25, -0.2) is 9.07 Å². The average Bonchev–Trinajstić information content (AvgIpc) is 3.02. The molecule has 0 radical (unpaired) electrons. The zero-order chi connectivity index (χ0) is 20.1. The van der Waals surface area contributed by atoms with Crippen LogP contribution in [-0.4, -0.2) is 33.1 Å². The van der Waals surface area contributed by atoms with E-state index < -0.39 is 12.4 Å². The molecule has 1 aromatic heterocycles. The molecule has 1 heterocycles. The number of hydrogen-bond acceptors (Lipinski definition) is 6. The van der Waals surface area contributed by atoms with Crippen LogP contribution in [0.5, 0.6) is 5.75 Å². The summed E-state index contributed by atoms with van der Waals surface area (Å²) in [4.78, 5) is 12.1. The van der Waals surface area contributed by atoms with Crippen LogP contribution in [0.15, 0.2) is 53.7 Å². The highest BCUT2D eigenvalue weighted by atomic mass is 32.2. The van der Waals surface area contributed by atoms with E-state index in [1.807, 2.05) is 0 Å². The standard InChI is InChI=1S/C17H14F3N5O2S/c18-11-3-1-2-10(8-11)15-23-24-17(25(15)21)28-9-14(26)22-12-4-6-13(7-5-12)27-16(19)20/h1-8,16H,9,21H2,(H,22,26). The van der Waals surface area contributed by atoms with Gasteiger partial charge in [0.1, 0.15) is 11.6 Å². The van der Waals surface area contributed by atoms with Crippen LogP contribution < -0.4 is 15.9 Å². The summed E-state index contributed by atoms with van der Waals surface area (Å²) in [6.45, 7) is -2.91. The number of benzene rings is 2. The number of nitrogen functional groups attached to an aromatic ring is 1. The summed E-state index contributed by atoms with van der Waals surface area (Å²) in [6, 6.07) is 11.2. The molecule has 3 N–H and O–H groups in total. The number of nitrogens with zero attached hydrogens (tertiary/aromatic N) is 3. The van der Waals surface area contributed by atoms with Gasteiger partial charge in [0.25, 0.3) is 0 Å². The summed E-state index contributed by atoms with van der Waals surface area (Å²) in [5.74, 6) is 5.36. The molecule has 2 aromatic carbocycles. The first-order valence-electron chi connectivity index (χ1n) is 7.86. The summed E-state index contributed by atoms with van der Waals surface area (Å²) < 4.78 is 43.0. The van der Waals surface area contributed by atoms with Gasteiger partial charge in [0.05, 0.1) is 5.75 Å². The van der Waals surface area contributed by atoms with E-state index in [1.165, 1.54) is 47.1 Å². The van der Waals surface area contributed by atoms with Crippen molar-refractivity contribution in [3.63, 3.8) is 0 Å². The van der Waals surface area contributed by atoms with Crippen LogP contribution in [0.1, 0.15) is 0 Å². The number of carbonyl (C=O) groups is 1. The van der Waals surface area contributed by atoms with Gasteiger partial charge in [-0.05, 0) is 36.4 Å². The molecular formula is C17H14F3N5O2S. The van der Waals surface area contributed by atoms with Crippen molar-refractivity contribution < 1.29 is 22.7 Å². The van der Waals surface area contributed by atoms with Crippen LogP contribution in [0.3, 0.4) is 0 Å². The number of nitrogens with one attached hydrogen (secondary N) is 1. The monoisotopic (exact) mass is 409 g/mol. The second-order valence-electron chi connectivity index (χ2n) is 5.43. The minimum absolute atomic E-state index is 0.0107. The molecule has 11 heteroatoms. The summed E-state index contributed by atoms with van der Waals surface area (Å²) in [5.41, 5.74) is 0.874. The largest absolute Gasteiger partial charge is 0.435 e. The summed E-state index contributed by atoms with van der Waals surface area (Å²) in [6.07, 6.45) is 0. The Labute approximate surface area is 161 Å². The Kier molecular flexibility index (Phi) is 6.04. The van der Waals surface area contributed by atoms with Gasteiger partial charge in [0.15, 0.2) is 5.82 Å². The fraction of sp³-hybridized carbons (Fsp3) is 0.118. The van der Waals surface area contributed by atoms with E-state index in [0.717, 1.165) is 11.8 Å². The van der Waals surface area contributed by atoms with Crippen molar-refractivity contribution >= 4 is 23.4 Å². The Morgan fingerprint density at radius 1 is 1.21 bits per heavy atom. The summed E-state index contributed by atoms with van der Waals surface area (Å²) in [5, 5.41) is 10.7. The second kappa shape index (κ2) is 8.65. The van der Waals surface area contributed by atoms with Crippen molar-refractivity contribution in [1.82, 2.24) is 14.9 Å². The lowest BCUT2D eigenvalue weighted by Crippen LogP contribution is -2.16. The van der Waals surface area contributed by atoms with Crippen LogP contribution in [0.2, 0.25) is 0 Å². The van der Waals surface area contributed by atoms with Crippen LogP contribution in [0.25, 0.3) is 11.4 Å². The van der Waals surface area contributed by atoms with Crippen molar-refractivity contribution in [3.8, 4) is 17.1 Å². The lowest BCUT2D eigenvalue weighted by molar-refractivity contribution is -0.113. The quantitative estimate of drug-likeness (QED) is 0.460. The molecule has 0 aliphatic carbocycles. The summed E-state index contributed by atoms with van der Waals surface area (Å²) in [7, 11) is 0. The smallest absolute Gasteiger partial charge is 0.387 e. The number of hydrogen-bond donors (Lipinski definition) is 2. The first-order valence-corrected chi connectivity index (χ1v) is 8.85. The van der Waals surface area contributed by atoms with Gasteiger partial charge in [-0.3, -0.25) is 4.79 Å². The molecule has 0 bridgehead atoms. The number of carbonyl (C=O) groups excluding carboxylic acids is 1. The van der Waals surface area contributed by atoms with E-state index in [2.05, 4.69) is 20.3 Å². The molecule has 0 spiro atoms. The number of anilines is 1. The van der Waals surface area contributed by atoms with Gasteiger partial charge in [-0.15, -0.1) is 10.2 Å². The van der Waals surface area contributed by atoms with E-state index in [1.54, 1.807) is 6.07 Å². The van der Waals surface area contributed by atoms with E-state index in [0.29, 0.717) is 11.3 Å². The Morgan fingerprint density at radius 3 is 2.64 bits per heavy atom. The zero-order valence-electron chi connectivity index (χ0n) is 14.2. The van der Waals surface area contributed by atoms with Crippen LogP contribution >= 0.6 is 11.8 Å². The highest BCUT2D eigenvalue weighted by Crippen LogP contribution is 2.23. The molecule has 0 unspecified atom stereocenters. The van der Waals surface area contributed by atoms with Gasteiger partial charge in [0.2, 0.25) is 11.1 Å². The highest BCUT2D eigenvalue weighted by molar-refractivity contribution is 7.99. The van der Waals surface area contributed by atoms with Crippen molar-refractivity contribution in [2.45, 2.75) is 11.8 Å².